The molecule has 0 saturated carbocycles. The number of carbonyl (C=O) groups is 3. The van der Waals surface area contributed by atoms with Crippen LogP contribution in [0.3, 0.4) is 0 Å². The Kier molecular flexibility index (Phi) is 7.53. The number of carboxylic acid groups (broad SMARTS) is 1. The van der Waals surface area contributed by atoms with Crippen LogP contribution in [0.2, 0.25) is 0 Å². The van der Waals surface area contributed by atoms with Crippen molar-refractivity contribution in [2.45, 2.75) is 26.2 Å². The second kappa shape index (κ2) is 10.3. The summed E-state index contributed by atoms with van der Waals surface area (Å²) >= 11 is 0. The highest BCUT2D eigenvalue weighted by molar-refractivity contribution is 5.85. The van der Waals surface area contributed by atoms with E-state index < -0.39 is 24.0 Å². The van der Waals surface area contributed by atoms with Crippen molar-refractivity contribution in [2.24, 2.45) is 5.41 Å². The number of amides is 2. The number of nitrogens with one attached hydrogen (secondary N) is 1. The molecule has 33 heavy (non-hydrogen) atoms. The Morgan fingerprint density at radius 3 is 2.21 bits per heavy atom. The molecule has 7 nitrogen and oxygen atoms in total. The minimum absolute atomic E-state index is 0.0235. The van der Waals surface area contributed by atoms with Crippen molar-refractivity contribution < 1.29 is 24.2 Å². The summed E-state index contributed by atoms with van der Waals surface area (Å²) in [5.74, 6) is -1.42. The first-order valence-electron chi connectivity index (χ1n) is 11.0. The summed E-state index contributed by atoms with van der Waals surface area (Å²) in [5, 5.41) is 11.8. The van der Waals surface area contributed by atoms with E-state index in [1.165, 1.54) is 11.0 Å². The highest BCUT2D eigenvalue weighted by atomic mass is 16.5. The van der Waals surface area contributed by atoms with E-state index in [9.17, 15) is 14.4 Å². The molecule has 2 aromatic carbocycles. The van der Waals surface area contributed by atoms with Crippen LogP contribution < -0.4 is 5.32 Å². The van der Waals surface area contributed by atoms with Gasteiger partial charge in [0.2, 0.25) is 5.91 Å². The lowest BCUT2D eigenvalue weighted by atomic mass is 9.87. The van der Waals surface area contributed by atoms with Gasteiger partial charge in [-0.05, 0) is 28.7 Å². The van der Waals surface area contributed by atoms with Crippen LogP contribution in [0.1, 0.15) is 37.3 Å². The maximum Gasteiger partial charge on any atom is 0.407 e. The minimum Gasteiger partial charge on any atom is -0.480 e. The molecule has 0 aliphatic heterocycles. The topological polar surface area (TPSA) is 95.9 Å². The molecule has 0 aromatic heterocycles. The molecule has 0 spiro atoms. The second-order valence-corrected chi connectivity index (χ2v) is 8.75. The average Bonchev–Trinajstić information content (AvgIpc) is 3.10. The standard InChI is InChI=1S/C26H30N2O5/c1-4-15-28(16-23(29)30)24(31)26(2,3)13-14-27-25(32)33-17-22-20-11-7-5-9-18(20)19-10-6-8-12-21(19)22/h4-12,22H,1,13-17H2,2-3H3,(H,27,32)(H,29,30). The number of hydrogen-bond donors (Lipinski definition) is 2. The SMILES string of the molecule is C=CCN(CC(=O)O)C(=O)C(C)(C)CCNC(=O)OCC1c2ccccc2-c2ccccc21. The smallest absolute Gasteiger partial charge is 0.407 e. The number of alkyl carbamates (subject to hydrolysis) is 1. The van der Waals surface area contributed by atoms with E-state index >= 15 is 0 Å². The highest BCUT2D eigenvalue weighted by Crippen LogP contribution is 2.44. The van der Waals surface area contributed by atoms with Crippen molar-refractivity contribution in [2.75, 3.05) is 26.2 Å². The Morgan fingerprint density at radius 1 is 1.09 bits per heavy atom. The zero-order chi connectivity index (χ0) is 24.0. The molecular weight excluding hydrogens is 420 g/mol. The van der Waals surface area contributed by atoms with Crippen LogP contribution in [-0.2, 0) is 14.3 Å². The summed E-state index contributed by atoms with van der Waals surface area (Å²) in [5.41, 5.74) is 3.74. The lowest BCUT2D eigenvalue weighted by molar-refractivity contribution is -0.148. The summed E-state index contributed by atoms with van der Waals surface area (Å²) in [4.78, 5) is 37.4. The highest BCUT2D eigenvalue weighted by Gasteiger charge is 2.33. The minimum atomic E-state index is -1.09. The number of nitrogens with zero attached hydrogens (tertiary/aromatic N) is 1. The van der Waals surface area contributed by atoms with Crippen LogP contribution >= 0.6 is 0 Å². The third-order valence-electron chi connectivity index (χ3n) is 5.90. The quantitative estimate of drug-likeness (QED) is 0.533. The third kappa shape index (κ3) is 5.61. The second-order valence-electron chi connectivity index (χ2n) is 8.75. The summed E-state index contributed by atoms with van der Waals surface area (Å²) in [6.45, 7) is 7.23. The molecule has 0 atom stereocenters. The van der Waals surface area contributed by atoms with Crippen LogP contribution in [-0.4, -0.2) is 54.2 Å². The fourth-order valence-electron chi connectivity index (χ4n) is 4.20. The number of fused-ring (bicyclic) bond motifs is 3. The zero-order valence-electron chi connectivity index (χ0n) is 19.0. The van der Waals surface area contributed by atoms with Gasteiger partial charge in [-0.15, -0.1) is 6.58 Å². The van der Waals surface area contributed by atoms with Gasteiger partial charge in [0.05, 0.1) is 0 Å². The largest absolute Gasteiger partial charge is 0.480 e. The number of hydrogen-bond acceptors (Lipinski definition) is 4. The molecule has 2 aromatic rings. The summed E-state index contributed by atoms with van der Waals surface area (Å²) in [6.07, 6.45) is 1.28. The van der Waals surface area contributed by atoms with Crippen molar-refractivity contribution in [3.63, 3.8) is 0 Å². The molecule has 0 bridgehead atoms. The number of carbonyl (C=O) groups excluding carboxylic acids is 2. The van der Waals surface area contributed by atoms with Crippen LogP contribution in [0.5, 0.6) is 0 Å². The molecule has 174 valence electrons. The van der Waals surface area contributed by atoms with E-state index in [1.54, 1.807) is 13.8 Å². The molecule has 1 aliphatic rings. The Balaban J connectivity index is 1.53. The van der Waals surface area contributed by atoms with Crippen LogP contribution in [0.15, 0.2) is 61.2 Å². The van der Waals surface area contributed by atoms with Crippen molar-refractivity contribution in [1.82, 2.24) is 10.2 Å². The molecule has 2 amide bonds. The lowest BCUT2D eigenvalue weighted by Gasteiger charge is -2.30. The number of benzene rings is 2. The summed E-state index contributed by atoms with van der Waals surface area (Å²) in [6, 6.07) is 16.2. The van der Waals surface area contributed by atoms with Crippen molar-refractivity contribution >= 4 is 18.0 Å². The Hall–Kier alpha value is -3.61. The van der Waals surface area contributed by atoms with Crippen LogP contribution in [0.4, 0.5) is 4.79 Å². The average molecular weight is 451 g/mol. The molecule has 0 fully saturated rings. The first-order chi connectivity index (χ1) is 15.7. The Bertz CT molecular complexity index is 1000. The van der Waals surface area contributed by atoms with E-state index in [-0.39, 0.29) is 31.5 Å². The molecule has 0 unspecified atom stereocenters. The zero-order valence-corrected chi connectivity index (χ0v) is 19.0. The third-order valence-corrected chi connectivity index (χ3v) is 5.90. The van der Waals surface area contributed by atoms with Gasteiger partial charge < -0.3 is 20.1 Å². The molecule has 0 saturated heterocycles. The van der Waals surface area contributed by atoms with Gasteiger partial charge in [-0.1, -0.05) is 68.5 Å². The van der Waals surface area contributed by atoms with E-state index in [0.717, 1.165) is 22.3 Å². The van der Waals surface area contributed by atoms with E-state index in [0.29, 0.717) is 6.42 Å². The molecule has 7 heteroatoms. The van der Waals surface area contributed by atoms with Crippen LogP contribution in [0, 0.1) is 5.41 Å². The molecule has 3 rings (SSSR count). The van der Waals surface area contributed by atoms with E-state index in [4.69, 9.17) is 9.84 Å². The predicted octanol–water partition coefficient (Wildman–Crippen LogP) is 4.04. The Morgan fingerprint density at radius 2 is 1.67 bits per heavy atom. The van der Waals surface area contributed by atoms with Gasteiger partial charge in [-0.2, -0.15) is 0 Å². The maximum absolute atomic E-state index is 12.8. The monoisotopic (exact) mass is 450 g/mol. The van der Waals surface area contributed by atoms with Crippen molar-refractivity contribution in [1.29, 1.82) is 0 Å². The van der Waals surface area contributed by atoms with E-state index in [1.807, 2.05) is 24.3 Å². The maximum atomic E-state index is 12.8. The van der Waals surface area contributed by atoms with Gasteiger partial charge in [0.1, 0.15) is 13.2 Å². The van der Waals surface area contributed by atoms with Crippen molar-refractivity contribution in [3.8, 4) is 11.1 Å². The first-order valence-corrected chi connectivity index (χ1v) is 11.0. The molecule has 1 aliphatic carbocycles. The fourth-order valence-corrected chi connectivity index (χ4v) is 4.20. The van der Waals surface area contributed by atoms with Gasteiger partial charge >= 0.3 is 12.1 Å². The number of carboxylic acids is 1. The van der Waals surface area contributed by atoms with Gasteiger partial charge in [0.15, 0.2) is 0 Å². The summed E-state index contributed by atoms with van der Waals surface area (Å²) in [7, 11) is 0. The molecule has 0 radical (unpaired) electrons. The Labute approximate surface area is 194 Å². The van der Waals surface area contributed by atoms with Gasteiger partial charge in [0.25, 0.3) is 0 Å². The van der Waals surface area contributed by atoms with E-state index in [2.05, 4.69) is 36.2 Å². The lowest BCUT2D eigenvalue weighted by Crippen LogP contribution is -2.45. The first kappa shape index (κ1) is 24.0. The molecule has 2 N–H and O–H groups in total. The number of aliphatic carboxylic acids is 1. The number of ether oxygens (including phenoxy) is 1. The fraction of sp³-hybridized carbons (Fsp3) is 0.346. The predicted molar refractivity (Wildman–Crippen MR) is 126 cm³/mol. The van der Waals surface area contributed by atoms with Gasteiger partial charge in [-0.25, -0.2) is 4.79 Å². The van der Waals surface area contributed by atoms with Crippen molar-refractivity contribution in [3.05, 3.63) is 72.3 Å². The van der Waals surface area contributed by atoms with Crippen LogP contribution in [0.25, 0.3) is 11.1 Å². The number of rotatable bonds is 10. The normalized spacial score (nSPS) is 12.4. The molecular formula is C26H30N2O5. The summed E-state index contributed by atoms with van der Waals surface area (Å²) < 4.78 is 5.52. The van der Waals surface area contributed by atoms with Gasteiger partial charge in [0, 0.05) is 24.4 Å². The molecule has 0 heterocycles. The van der Waals surface area contributed by atoms with Gasteiger partial charge in [-0.3, -0.25) is 9.59 Å².